The molecule has 5 heteroatoms. The molecule has 1 heterocycles. The highest BCUT2D eigenvalue weighted by Crippen LogP contribution is 2.19. The average molecular weight is 204 g/mol. The maximum Gasteiger partial charge on any atom is 0.261 e. The topological polar surface area (TPSA) is 72.2 Å². The number of phenolic OH excluding ortho intramolecular Hbond substituents is 1. The van der Waals surface area contributed by atoms with Gasteiger partial charge in [0, 0.05) is 7.05 Å². The SMILES string of the molecule is Cn1c(C=O)nc2c(O)cccc2c1=O. The van der Waals surface area contributed by atoms with Crippen molar-refractivity contribution in [3.05, 3.63) is 34.4 Å². The van der Waals surface area contributed by atoms with E-state index < -0.39 is 0 Å². The minimum absolute atomic E-state index is 0.00556. The molecule has 0 aliphatic carbocycles. The van der Waals surface area contributed by atoms with Crippen LogP contribution in [0.5, 0.6) is 5.75 Å². The lowest BCUT2D eigenvalue weighted by Gasteiger charge is -2.04. The Kier molecular flexibility index (Phi) is 2.00. The average Bonchev–Trinajstić information content (AvgIpc) is 2.24. The number of rotatable bonds is 1. The van der Waals surface area contributed by atoms with Crippen molar-refractivity contribution >= 4 is 17.2 Å². The van der Waals surface area contributed by atoms with Crippen LogP contribution in [0.2, 0.25) is 0 Å². The van der Waals surface area contributed by atoms with Crippen molar-refractivity contribution in [2.24, 2.45) is 7.05 Å². The highest BCUT2D eigenvalue weighted by molar-refractivity contribution is 5.85. The summed E-state index contributed by atoms with van der Waals surface area (Å²) in [5.74, 6) is -0.109. The second-order valence-corrected chi connectivity index (χ2v) is 3.13. The molecule has 2 rings (SSSR count). The summed E-state index contributed by atoms with van der Waals surface area (Å²) in [4.78, 5) is 26.2. The summed E-state index contributed by atoms with van der Waals surface area (Å²) in [6.07, 6.45) is 0.479. The van der Waals surface area contributed by atoms with Crippen molar-refractivity contribution in [2.75, 3.05) is 0 Å². The minimum atomic E-state index is -0.349. The Morgan fingerprint density at radius 3 is 2.87 bits per heavy atom. The lowest BCUT2D eigenvalue weighted by molar-refractivity contribution is 0.111. The van der Waals surface area contributed by atoms with E-state index in [0.29, 0.717) is 11.7 Å². The molecule has 0 bridgehead atoms. The van der Waals surface area contributed by atoms with Gasteiger partial charge in [0.05, 0.1) is 5.39 Å². The molecule has 76 valence electrons. The molecular weight excluding hydrogens is 196 g/mol. The van der Waals surface area contributed by atoms with Crippen molar-refractivity contribution in [3.8, 4) is 5.75 Å². The first-order valence-corrected chi connectivity index (χ1v) is 4.29. The van der Waals surface area contributed by atoms with Crippen LogP contribution in [0.15, 0.2) is 23.0 Å². The predicted octanol–water partition coefficient (Wildman–Crippen LogP) is 0.452. The maximum absolute atomic E-state index is 11.7. The van der Waals surface area contributed by atoms with Gasteiger partial charge in [0.25, 0.3) is 5.56 Å². The first kappa shape index (κ1) is 9.39. The van der Waals surface area contributed by atoms with E-state index in [1.807, 2.05) is 0 Å². The van der Waals surface area contributed by atoms with Crippen LogP contribution >= 0.6 is 0 Å². The first-order chi connectivity index (χ1) is 7.15. The van der Waals surface area contributed by atoms with E-state index in [0.717, 1.165) is 4.57 Å². The number of benzene rings is 1. The molecule has 15 heavy (non-hydrogen) atoms. The summed E-state index contributed by atoms with van der Waals surface area (Å²) in [5, 5.41) is 9.77. The standard InChI is InChI=1S/C10H8N2O3/c1-12-8(5-13)11-9-6(10(12)15)3-2-4-7(9)14/h2-5,14H,1H3. The molecule has 0 atom stereocenters. The molecule has 1 aromatic heterocycles. The zero-order valence-corrected chi connectivity index (χ0v) is 7.97. The van der Waals surface area contributed by atoms with Gasteiger partial charge in [-0.2, -0.15) is 0 Å². The van der Waals surface area contributed by atoms with Crippen LogP contribution in [-0.4, -0.2) is 20.9 Å². The summed E-state index contributed by atoms with van der Waals surface area (Å²) in [6, 6.07) is 4.53. The molecule has 0 aliphatic rings. The third-order valence-electron chi connectivity index (χ3n) is 2.23. The predicted molar refractivity (Wildman–Crippen MR) is 54.0 cm³/mol. The van der Waals surface area contributed by atoms with Crippen molar-refractivity contribution in [1.82, 2.24) is 9.55 Å². The van der Waals surface area contributed by atoms with Crippen LogP contribution < -0.4 is 5.56 Å². The van der Waals surface area contributed by atoms with Gasteiger partial charge in [-0.25, -0.2) is 4.98 Å². The second kappa shape index (κ2) is 3.20. The quantitative estimate of drug-likeness (QED) is 0.684. The van der Waals surface area contributed by atoms with Crippen LogP contribution in [0, 0.1) is 0 Å². The largest absolute Gasteiger partial charge is 0.506 e. The van der Waals surface area contributed by atoms with Crippen LogP contribution in [-0.2, 0) is 7.05 Å². The van der Waals surface area contributed by atoms with E-state index in [1.54, 1.807) is 12.1 Å². The van der Waals surface area contributed by atoms with Crippen LogP contribution in [0.25, 0.3) is 10.9 Å². The Morgan fingerprint density at radius 1 is 1.47 bits per heavy atom. The smallest absolute Gasteiger partial charge is 0.261 e. The molecule has 5 nitrogen and oxygen atoms in total. The molecule has 0 spiro atoms. The van der Waals surface area contributed by atoms with Gasteiger partial charge in [0.2, 0.25) is 0 Å². The van der Waals surface area contributed by atoms with Crippen molar-refractivity contribution in [3.63, 3.8) is 0 Å². The Balaban J connectivity index is 3.04. The number of carbonyl (C=O) groups excluding carboxylic acids is 1. The number of carbonyl (C=O) groups is 1. The zero-order valence-electron chi connectivity index (χ0n) is 7.97. The van der Waals surface area contributed by atoms with E-state index in [9.17, 15) is 14.7 Å². The van der Waals surface area contributed by atoms with Crippen LogP contribution in [0.1, 0.15) is 10.6 Å². The van der Waals surface area contributed by atoms with E-state index in [4.69, 9.17) is 0 Å². The number of aromatic nitrogens is 2. The third-order valence-corrected chi connectivity index (χ3v) is 2.23. The van der Waals surface area contributed by atoms with Gasteiger partial charge in [-0.3, -0.25) is 14.2 Å². The van der Waals surface area contributed by atoms with Gasteiger partial charge < -0.3 is 5.11 Å². The molecule has 0 saturated heterocycles. The number of aldehydes is 1. The fraction of sp³-hybridized carbons (Fsp3) is 0.100. The monoisotopic (exact) mass is 204 g/mol. The van der Waals surface area contributed by atoms with Gasteiger partial charge in [-0.15, -0.1) is 0 Å². The number of phenols is 1. The highest BCUT2D eigenvalue weighted by atomic mass is 16.3. The number of fused-ring (bicyclic) bond motifs is 1. The molecular formula is C10H8N2O3. The summed E-state index contributed by atoms with van der Waals surface area (Å²) in [5.41, 5.74) is -0.194. The van der Waals surface area contributed by atoms with Gasteiger partial charge in [-0.05, 0) is 12.1 Å². The lowest BCUT2D eigenvalue weighted by atomic mass is 10.2. The Hall–Kier alpha value is -2.17. The normalized spacial score (nSPS) is 10.5. The molecule has 0 saturated carbocycles. The number of aromatic hydroxyl groups is 1. The summed E-state index contributed by atoms with van der Waals surface area (Å²) in [7, 11) is 1.46. The molecule has 0 radical (unpaired) electrons. The number of hydrogen-bond donors (Lipinski definition) is 1. The van der Waals surface area contributed by atoms with Crippen molar-refractivity contribution in [2.45, 2.75) is 0 Å². The number of hydrogen-bond acceptors (Lipinski definition) is 4. The molecule has 0 aliphatic heterocycles. The fourth-order valence-electron chi connectivity index (χ4n) is 1.40. The number of para-hydroxylation sites is 1. The Labute approximate surface area is 84.6 Å². The molecule has 0 fully saturated rings. The first-order valence-electron chi connectivity index (χ1n) is 4.29. The van der Waals surface area contributed by atoms with Gasteiger partial charge in [-0.1, -0.05) is 6.07 Å². The van der Waals surface area contributed by atoms with Gasteiger partial charge in [0.1, 0.15) is 11.3 Å². The zero-order chi connectivity index (χ0) is 11.0. The van der Waals surface area contributed by atoms with Crippen molar-refractivity contribution in [1.29, 1.82) is 0 Å². The van der Waals surface area contributed by atoms with Crippen molar-refractivity contribution < 1.29 is 9.90 Å². The van der Waals surface area contributed by atoms with E-state index in [1.165, 1.54) is 13.1 Å². The Morgan fingerprint density at radius 2 is 2.20 bits per heavy atom. The third kappa shape index (κ3) is 1.28. The van der Waals surface area contributed by atoms with Crippen LogP contribution in [0.4, 0.5) is 0 Å². The summed E-state index contributed by atoms with van der Waals surface area (Å²) < 4.78 is 1.15. The molecule has 1 aromatic carbocycles. The summed E-state index contributed by atoms with van der Waals surface area (Å²) in [6.45, 7) is 0. The maximum atomic E-state index is 11.7. The van der Waals surface area contributed by atoms with E-state index in [2.05, 4.69) is 4.98 Å². The van der Waals surface area contributed by atoms with E-state index >= 15 is 0 Å². The van der Waals surface area contributed by atoms with Crippen LogP contribution in [0.3, 0.4) is 0 Å². The molecule has 0 amide bonds. The van der Waals surface area contributed by atoms with E-state index in [-0.39, 0.29) is 22.6 Å². The minimum Gasteiger partial charge on any atom is -0.506 e. The fourth-order valence-corrected chi connectivity index (χ4v) is 1.40. The summed E-state index contributed by atoms with van der Waals surface area (Å²) >= 11 is 0. The second-order valence-electron chi connectivity index (χ2n) is 3.13. The van der Waals surface area contributed by atoms with Gasteiger partial charge in [0.15, 0.2) is 12.1 Å². The Bertz CT molecular complexity index is 601. The number of nitrogens with zero attached hydrogens (tertiary/aromatic N) is 2. The highest BCUT2D eigenvalue weighted by Gasteiger charge is 2.09. The van der Waals surface area contributed by atoms with Gasteiger partial charge >= 0.3 is 0 Å². The molecule has 2 aromatic rings. The lowest BCUT2D eigenvalue weighted by Crippen LogP contribution is -2.21. The molecule has 0 unspecified atom stereocenters. The molecule has 1 N–H and O–H groups in total.